The van der Waals surface area contributed by atoms with Gasteiger partial charge in [0.25, 0.3) is 0 Å². The molecule has 0 N–H and O–H groups in total. The first-order valence-electron chi connectivity index (χ1n) is 19.8. The minimum absolute atomic E-state index is 0.0192. The largest absolute Gasteiger partial charge is 0.456 e. The Bertz CT molecular complexity index is 3110. The molecule has 9 aromatic carbocycles. The molecule has 3 aromatic heterocycles. The van der Waals surface area contributed by atoms with Crippen LogP contribution in [0.4, 0.5) is 0 Å². The second-order valence-electron chi connectivity index (χ2n) is 15.2. The van der Waals surface area contributed by atoms with Crippen molar-refractivity contribution >= 4 is 65.8 Å². The zero-order valence-electron chi connectivity index (χ0n) is 31.4. The molecule has 3 heteroatoms. The minimum atomic E-state index is 0.0192. The van der Waals surface area contributed by atoms with Gasteiger partial charge in [0.05, 0.1) is 0 Å². The molecular weight excluding hydrogens is 709 g/mol. The molecule has 3 heterocycles. The molecule has 3 nitrogen and oxygen atoms in total. The lowest BCUT2D eigenvalue weighted by Crippen LogP contribution is -2.03. The Labute approximate surface area is 334 Å². The van der Waals surface area contributed by atoms with E-state index in [1.807, 2.05) is 36.4 Å². The summed E-state index contributed by atoms with van der Waals surface area (Å²) in [6, 6.07) is 71.3. The summed E-state index contributed by atoms with van der Waals surface area (Å²) in [5.41, 5.74) is 16.0. The van der Waals surface area contributed by atoms with Gasteiger partial charge in [0.2, 0.25) is 0 Å². The normalized spacial score (nSPS) is 11.9. The molecule has 0 aliphatic carbocycles. The van der Waals surface area contributed by atoms with Gasteiger partial charge >= 0.3 is 0 Å². The molecule has 12 rings (SSSR count). The lowest BCUT2D eigenvalue weighted by molar-refractivity contribution is 0.668. The van der Waals surface area contributed by atoms with Crippen LogP contribution >= 0.6 is 0 Å². The summed E-state index contributed by atoms with van der Waals surface area (Å²) in [4.78, 5) is 0. The van der Waals surface area contributed by atoms with Crippen LogP contribution in [0.3, 0.4) is 0 Å². The number of para-hydroxylation sites is 3. The number of benzene rings is 9. The van der Waals surface area contributed by atoms with Crippen molar-refractivity contribution in [2.24, 2.45) is 0 Å². The van der Waals surface area contributed by atoms with Gasteiger partial charge in [0, 0.05) is 38.2 Å². The molecule has 0 spiro atoms. The molecule has 0 amide bonds. The topological polar surface area (TPSA) is 39.4 Å². The summed E-state index contributed by atoms with van der Waals surface area (Å²) in [5.74, 6) is 0.0192. The van der Waals surface area contributed by atoms with Gasteiger partial charge in [-0.05, 0) is 105 Å². The first-order valence-corrected chi connectivity index (χ1v) is 19.8. The predicted octanol–water partition coefficient (Wildman–Crippen LogP) is 15.6. The van der Waals surface area contributed by atoms with Crippen molar-refractivity contribution in [2.75, 3.05) is 0 Å². The molecule has 0 atom stereocenters. The maximum Gasteiger partial charge on any atom is 0.136 e. The van der Waals surface area contributed by atoms with Gasteiger partial charge in [0.1, 0.15) is 33.5 Å². The lowest BCUT2D eigenvalue weighted by atomic mass is 9.83. The molecule has 12 aromatic rings. The van der Waals surface area contributed by atoms with Crippen molar-refractivity contribution < 1.29 is 13.3 Å². The van der Waals surface area contributed by atoms with Crippen LogP contribution in [-0.2, 0) is 0 Å². The van der Waals surface area contributed by atoms with Crippen LogP contribution in [-0.4, -0.2) is 0 Å². The van der Waals surface area contributed by atoms with Gasteiger partial charge in [-0.3, -0.25) is 0 Å². The van der Waals surface area contributed by atoms with Gasteiger partial charge in [-0.1, -0.05) is 146 Å². The van der Waals surface area contributed by atoms with E-state index in [-0.39, 0.29) is 5.92 Å². The smallest absolute Gasteiger partial charge is 0.136 e. The molecule has 0 radical (unpaired) electrons. The number of hydrogen-bond acceptors (Lipinski definition) is 3. The Morgan fingerprint density at radius 1 is 0.224 bits per heavy atom. The van der Waals surface area contributed by atoms with Gasteiger partial charge in [0.15, 0.2) is 0 Å². The summed E-state index contributed by atoms with van der Waals surface area (Å²) in [6.45, 7) is 0. The molecule has 0 unspecified atom stereocenters. The van der Waals surface area contributed by atoms with Crippen LogP contribution in [0.25, 0.3) is 99.2 Å². The van der Waals surface area contributed by atoms with E-state index in [0.717, 1.165) is 99.2 Å². The van der Waals surface area contributed by atoms with Gasteiger partial charge in [-0.25, -0.2) is 0 Å². The highest BCUT2D eigenvalue weighted by Gasteiger charge is 2.19. The summed E-state index contributed by atoms with van der Waals surface area (Å²) < 4.78 is 18.7. The Balaban J connectivity index is 0.911. The van der Waals surface area contributed by atoms with Crippen molar-refractivity contribution in [3.05, 3.63) is 217 Å². The first-order chi connectivity index (χ1) is 28.7. The maximum atomic E-state index is 6.23. The zero-order chi connectivity index (χ0) is 38.2. The predicted molar refractivity (Wildman–Crippen MR) is 238 cm³/mol. The van der Waals surface area contributed by atoms with Crippen molar-refractivity contribution in [1.82, 2.24) is 0 Å². The van der Waals surface area contributed by atoms with E-state index < -0.39 is 0 Å². The van der Waals surface area contributed by atoms with E-state index in [4.69, 9.17) is 13.3 Å². The lowest BCUT2D eigenvalue weighted by Gasteiger charge is -2.20. The van der Waals surface area contributed by atoms with Crippen molar-refractivity contribution in [2.45, 2.75) is 5.92 Å². The van der Waals surface area contributed by atoms with E-state index in [1.165, 1.54) is 16.7 Å². The summed E-state index contributed by atoms with van der Waals surface area (Å²) in [5, 5.41) is 6.84. The fourth-order valence-corrected chi connectivity index (χ4v) is 8.90. The summed E-state index contributed by atoms with van der Waals surface area (Å²) >= 11 is 0. The Morgan fingerprint density at radius 2 is 0.483 bits per heavy atom. The molecule has 272 valence electrons. The number of hydrogen-bond donors (Lipinski definition) is 0. The Kier molecular flexibility index (Phi) is 7.29. The quantitative estimate of drug-likeness (QED) is 0.159. The third kappa shape index (κ3) is 5.36. The molecule has 0 saturated carbocycles. The molecule has 0 fully saturated rings. The standard InChI is InChI=1S/C55H34O3/c1-4-10-49-43(7-1)46-28-25-40(31-52(46)56-49)34-13-19-37(20-14-34)55(38-21-15-35(16-22-38)41-26-29-47-44-8-2-5-11-50(44)57-53(47)32-41)39-23-17-36(18-24-39)42-27-30-48-45-9-3-6-12-51(45)58-54(48)33-42/h1-33,55H. The summed E-state index contributed by atoms with van der Waals surface area (Å²) in [7, 11) is 0. The van der Waals surface area contributed by atoms with Gasteiger partial charge < -0.3 is 13.3 Å². The second kappa shape index (κ2) is 13.0. The number of fused-ring (bicyclic) bond motifs is 9. The van der Waals surface area contributed by atoms with E-state index >= 15 is 0 Å². The Morgan fingerprint density at radius 3 is 0.793 bits per heavy atom. The zero-order valence-corrected chi connectivity index (χ0v) is 31.4. The third-order valence-electron chi connectivity index (χ3n) is 11.9. The van der Waals surface area contributed by atoms with E-state index in [0.29, 0.717) is 0 Å². The molecule has 0 bridgehead atoms. The van der Waals surface area contributed by atoms with Crippen molar-refractivity contribution in [3.8, 4) is 33.4 Å². The second-order valence-corrected chi connectivity index (χ2v) is 15.2. The van der Waals surface area contributed by atoms with E-state index in [9.17, 15) is 0 Å². The van der Waals surface area contributed by atoms with Gasteiger partial charge in [-0.15, -0.1) is 0 Å². The average Bonchev–Trinajstić information content (AvgIpc) is 3.97. The Hall–Kier alpha value is -7.62. The highest BCUT2D eigenvalue weighted by atomic mass is 16.3. The minimum Gasteiger partial charge on any atom is -0.456 e. The van der Waals surface area contributed by atoms with Crippen LogP contribution in [0.15, 0.2) is 213 Å². The first kappa shape index (κ1) is 32.6. The maximum absolute atomic E-state index is 6.23. The number of rotatable bonds is 6. The van der Waals surface area contributed by atoms with Crippen LogP contribution < -0.4 is 0 Å². The monoisotopic (exact) mass is 742 g/mol. The van der Waals surface area contributed by atoms with E-state index in [1.54, 1.807) is 0 Å². The fraction of sp³-hybridized carbons (Fsp3) is 0.0182. The molecule has 0 aliphatic rings. The van der Waals surface area contributed by atoms with Crippen molar-refractivity contribution in [3.63, 3.8) is 0 Å². The third-order valence-corrected chi connectivity index (χ3v) is 11.9. The van der Waals surface area contributed by atoms with Crippen LogP contribution in [0.5, 0.6) is 0 Å². The SMILES string of the molecule is c1ccc2c(c1)oc1cc(-c3ccc(C(c4ccc(-c5ccc6c(c5)oc5ccccc56)cc4)c4ccc(-c5ccc6c(c5)oc5ccccc56)cc4)cc3)ccc12. The van der Waals surface area contributed by atoms with Crippen molar-refractivity contribution in [1.29, 1.82) is 0 Å². The molecule has 0 aliphatic heterocycles. The van der Waals surface area contributed by atoms with Crippen LogP contribution in [0.2, 0.25) is 0 Å². The molecule has 58 heavy (non-hydrogen) atoms. The summed E-state index contributed by atoms with van der Waals surface area (Å²) in [6.07, 6.45) is 0. The van der Waals surface area contributed by atoms with Crippen LogP contribution in [0.1, 0.15) is 22.6 Å². The van der Waals surface area contributed by atoms with Gasteiger partial charge in [-0.2, -0.15) is 0 Å². The average molecular weight is 743 g/mol. The molecule has 0 saturated heterocycles. The van der Waals surface area contributed by atoms with E-state index in [2.05, 4.69) is 164 Å². The van der Waals surface area contributed by atoms with Crippen LogP contribution in [0, 0.1) is 0 Å². The fourth-order valence-electron chi connectivity index (χ4n) is 8.90. The molecular formula is C55H34O3. The highest BCUT2D eigenvalue weighted by molar-refractivity contribution is 6.07. The number of furan rings is 3. The highest BCUT2D eigenvalue weighted by Crippen LogP contribution is 2.39.